The molecule has 1 amide bonds. The topological polar surface area (TPSA) is 86.5 Å². The molecule has 154 valence electrons. The van der Waals surface area contributed by atoms with Crippen molar-refractivity contribution in [3.8, 4) is 22.9 Å². The van der Waals surface area contributed by atoms with E-state index in [1.54, 1.807) is 12.1 Å². The molecule has 0 atom stereocenters. The Kier molecular flexibility index (Phi) is 4.83. The van der Waals surface area contributed by atoms with E-state index in [9.17, 15) is 4.79 Å². The van der Waals surface area contributed by atoms with E-state index in [1.165, 1.54) is 0 Å². The summed E-state index contributed by atoms with van der Waals surface area (Å²) in [5, 5.41) is 7.49. The first kappa shape index (κ1) is 18.9. The first-order valence-electron chi connectivity index (χ1n) is 9.99. The molecule has 30 heavy (non-hydrogen) atoms. The van der Waals surface area contributed by atoms with Gasteiger partial charge in [-0.05, 0) is 49.2 Å². The number of nitrogens with one attached hydrogen (secondary N) is 1. The number of aromatic nitrogens is 2. The molecule has 7 nitrogen and oxygen atoms in total. The molecule has 0 saturated heterocycles. The van der Waals surface area contributed by atoms with E-state index < -0.39 is 5.79 Å². The molecule has 0 unspecified atom stereocenters. The van der Waals surface area contributed by atoms with Crippen molar-refractivity contribution in [3.63, 3.8) is 0 Å². The molecule has 1 saturated carbocycles. The van der Waals surface area contributed by atoms with Gasteiger partial charge in [0.25, 0.3) is 5.79 Å². The van der Waals surface area contributed by atoms with E-state index in [4.69, 9.17) is 25.6 Å². The summed E-state index contributed by atoms with van der Waals surface area (Å²) in [5.74, 6) is 1.64. The highest BCUT2D eigenvalue weighted by Gasteiger charge is 2.44. The number of carbonyl (C=O) groups excluding carboxylic acids is 1. The standard InChI is InChI=1S/C22H20ClN3O4/c23-15-5-3-14(4-6-15)21-25-20(30-26-21)10-9-19(27)24-16-7-8-17-18(13-16)29-22(28-17)11-1-2-12-22/h3-8,13H,1-2,9-12H2,(H,24,27). The lowest BCUT2D eigenvalue weighted by Crippen LogP contribution is -2.34. The molecule has 2 aliphatic rings. The highest BCUT2D eigenvalue weighted by atomic mass is 35.5. The molecule has 1 aliphatic heterocycles. The Labute approximate surface area is 178 Å². The lowest BCUT2D eigenvalue weighted by Gasteiger charge is -2.21. The summed E-state index contributed by atoms with van der Waals surface area (Å²) in [4.78, 5) is 16.7. The molecule has 1 aliphatic carbocycles. The third-order valence-corrected chi connectivity index (χ3v) is 5.57. The summed E-state index contributed by atoms with van der Waals surface area (Å²) >= 11 is 5.89. The summed E-state index contributed by atoms with van der Waals surface area (Å²) in [6.45, 7) is 0. The fraction of sp³-hybridized carbons (Fsp3) is 0.318. The Hall–Kier alpha value is -3.06. The van der Waals surface area contributed by atoms with Crippen LogP contribution < -0.4 is 14.8 Å². The van der Waals surface area contributed by atoms with Crippen LogP contribution in [0, 0.1) is 0 Å². The van der Waals surface area contributed by atoms with Crippen molar-refractivity contribution in [2.24, 2.45) is 0 Å². The van der Waals surface area contributed by atoms with Crippen LogP contribution in [-0.4, -0.2) is 21.8 Å². The van der Waals surface area contributed by atoms with Crippen molar-refractivity contribution in [2.75, 3.05) is 5.32 Å². The van der Waals surface area contributed by atoms with Crippen LogP contribution in [-0.2, 0) is 11.2 Å². The highest BCUT2D eigenvalue weighted by Crippen LogP contribution is 2.47. The van der Waals surface area contributed by atoms with E-state index in [-0.39, 0.29) is 12.3 Å². The van der Waals surface area contributed by atoms with E-state index in [1.807, 2.05) is 30.3 Å². The van der Waals surface area contributed by atoms with Crippen LogP contribution >= 0.6 is 11.6 Å². The van der Waals surface area contributed by atoms with Gasteiger partial charge in [0.2, 0.25) is 17.6 Å². The van der Waals surface area contributed by atoms with Crippen LogP contribution in [0.15, 0.2) is 47.0 Å². The van der Waals surface area contributed by atoms with Crippen molar-refractivity contribution in [1.29, 1.82) is 0 Å². The van der Waals surface area contributed by atoms with Crippen LogP contribution in [0.3, 0.4) is 0 Å². The Morgan fingerprint density at radius 1 is 1.07 bits per heavy atom. The third-order valence-electron chi connectivity index (χ3n) is 5.32. The van der Waals surface area contributed by atoms with Crippen molar-refractivity contribution in [1.82, 2.24) is 10.1 Å². The zero-order valence-corrected chi connectivity index (χ0v) is 16.9. The molecule has 1 N–H and O–H groups in total. The number of fused-ring (bicyclic) bond motifs is 1. The van der Waals surface area contributed by atoms with E-state index in [0.29, 0.717) is 34.6 Å². The fourth-order valence-electron chi connectivity index (χ4n) is 3.81. The molecule has 3 aromatic rings. The number of benzene rings is 2. The Morgan fingerprint density at radius 3 is 2.63 bits per heavy atom. The average molecular weight is 426 g/mol. The first-order valence-corrected chi connectivity index (χ1v) is 10.4. The summed E-state index contributed by atoms with van der Waals surface area (Å²) in [6, 6.07) is 12.6. The summed E-state index contributed by atoms with van der Waals surface area (Å²) < 4.78 is 17.3. The van der Waals surface area contributed by atoms with Crippen LogP contribution in [0.2, 0.25) is 5.02 Å². The normalized spacial score (nSPS) is 16.2. The Balaban J connectivity index is 1.17. The Morgan fingerprint density at radius 2 is 1.83 bits per heavy atom. The molecule has 2 heterocycles. The molecule has 0 radical (unpaired) electrons. The molecule has 1 fully saturated rings. The molecule has 1 spiro atoms. The molecular formula is C22H20ClN3O4. The predicted octanol–water partition coefficient (Wildman–Crippen LogP) is 5.00. The van der Waals surface area contributed by atoms with Crippen molar-refractivity contribution >= 4 is 23.2 Å². The number of nitrogens with zero attached hydrogens (tertiary/aromatic N) is 2. The predicted molar refractivity (Wildman–Crippen MR) is 111 cm³/mol. The van der Waals surface area contributed by atoms with Gasteiger partial charge in [0.1, 0.15) is 0 Å². The Bertz CT molecular complexity index is 1070. The van der Waals surface area contributed by atoms with Crippen LogP contribution in [0.1, 0.15) is 38.0 Å². The van der Waals surface area contributed by atoms with Gasteiger partial charge in [0.15, 0.2) is 11.5 Å². The van der Waals surface area contributed by atoms with Gasteiger partial charge in [-0.1, -0.05) is 16.8 Å². The average Bonchev–Trinajstić information content (AvgIpc) is 3.47. The number of amides is 1. The van der Waals surface area contributed by atoms with Crippen LogP contribution in [0.5, 0.6) is 11.5 Å². The molecule has 0 bridgehead atoms. The van der Waals surface area contributed by atoms with Crippen molar-refractivity contribution in [2.45, 2.75) is 44.3 Å². The quantitative estimate of drug-likeness (QED) is 0.618. The van der Waals surface area contributed by atoms with Gasteiger partial charge in [0, 0.05) is 48.0 Å². The zero-order valence-electron chi connectivity index (χ0n) is 16.2. The SMILES string of the molecule is O=C(CCc1nc(-c2ccc(Cl)cc2)no1)Nc1ccc2c(c1)OC1(CCCC1)O2. The maximum absolute atomic E-state index is 12.4. The molecule has 5 rings (SSSR count). The summed E-state index contributed by atoms with van der Waals surface area (Å²) in [7, 11) is 0. The van der Waals surface area contributed by atoms with Gasteiger partial charge in [-0.3, -0.25) is 4.79 Å². The smallest absolute Gasteiger partial charge is 0.251 e. The van der Waals surface area contributed by atoms with E-state index >= 15 is 0 Å². The van der Waals surface area contributed by atoms with Gasteiger partial charge in [-0.2, -0.15) is 4.98 Å². The number of aryl methyl sites for hydroxylation is 1. The van der Waals surface area contributed by atoms with Crippen molar-refractivity contribution in [3.05, 3.63) is 53.4 Å². The molecular weight excluding hydrogens is 406 g/mol. The second kappa shape index (κ2) is 7.65. The number of anilines is 1. The minimum absolute atomic E-state index is 0.143. The number of rotatable bonds is 5. The lowest BCUT2D eigenvalue weighted by molar-refractivity contribution is -0.116. The second-order valence-electron chi connectivity index (χ2n) is 7.55. The number of ether oxygens (including phenoxy) is 2. The summed E-state index contributed by atoms with van der Waals surface area (Å²) in [5.41, 5.74) is 1.48. The number of halogens is 1. The van der Waals surface area contributed by atoms with Gasteiger partial charge in [-0.15, -0.1) is 0 Å². The maximum Gasteiger partial charge on any atom is 0.251 e. The molecule has 8 heteroatoms. The van der Waals surface area contributed by atoms with E-state index in [2.05, 4.69) is 15.5 Å². The number of carbonyl (C=O) groups is 1. The molecule has 2 aromatic carbocycles. The minimum Gasteiger partial charge on any atom is -0.448 e. The summed E-state index contributed by atoms with van der Waals surface area (Å²) in [6.07, 6.45) is 4.57. The fourth-order valence-corrected chi connectivity index (χ4v) is 3.93. The number of hydrogen-bond acceptors (Lipinski definition) is 6. The second-order valence-corrected chi connectivity index (χ2v) is 7.99. The molecule has 1 aromatic heterocycles. The van der Waals surface area contributed by atoms with Gasteiger partial charge >= 0.3 is 0 Å². The van der Waals surface area contributed by atoms with Crippen LogP contribution in [0.4, 0.5) is 5.69 Å². The van der Waals surface area contributed by atoms with Gasteiger partial charge in [-0.25, -0.2) is 0 Å². The zero-order chi connectivity index (χ0) is 20.6. The lowest BCUT2D eigenvalue weighted by atomic mass is 10.2. The van der Waals surface area contributed by atoms with E-state index in [0.717, 1.165) is 37.0 Å². The van der Waals surface area contributed by atoms with Crippen LogP contribution in [0.25, 0.3) is 11.4 Å². The van der Waals surface area contributed by atoms with Crippen molar-refractivity contribution < 1.29 is 18.8 Å². The first-order chi connectivity index (χ1) is 14.6. The highest BCUT2D eigenvalue weighted by molar-refractivity contribution is 6.30. The number of hydrogen-bond donors (Lipinski definition) is 1. The van der Waals surface area contributed by atoms with Gasteiger partial charge < -0.3 is 19.3 Å². The minimum atomic E-state index is -0.509. The monoisotopic (exact) mass is 425 g/mol. The largest absolute Gasteiger partial charge is 0.448 e. The third kappa shape index (κ3) is 3.85. The van der Waals surface area contributed by atoms with Gasteiger partial charge in [0.05, 0.1) is 0 Å². The maximum atomic E-state index is 12.4.